The summed E-state index contributed by atoms with van der Waals surface area (Å²) in [6.07, 6.45) is -4.65. The van der Waals surface area contributed by atoms with Gasteiger partial charge in [-0.15, -0.1) is 0 Å². The molecular formula is C31H35ClF3N3O5S. The summed E-state index contributed by atoms with van der Waals surface area (Å²) < 4.78 is 74.7. The first-order chi connectivity index (χ1) is 20.5. The Morgan fingerprint density at radius 3 is 2.11 bits per heavy atom. The topological polar surface area (TPSA) is 96.0 Å². The monoisotopic (exact) mass is 653 g/mol. The van der Waals surface area contributed by atoms with E-state index in [-0.39, 0.29) is 22.9 Å². The van der Waals surface area contributed by atoms with Gasteiger partial charge in [-0.25, -0.2) is 8.42 Å². The predicted molar refractivity (Wildman–Crippen MR) is 163 cm³/mol. The number of rotatable bonds is 11. The van der Waals surface area contributed by atoms with Crippen molar-refractivity contribution < 1.29 is 35.9 Å². The Labute approximate surface area is 260 Å². The van der Waals surface area contributed by atoms with E-state index < -0.39 is 57.4 Å². The van der Waals surface area contributed by atoms with Crippen molar-refractivity contribution >= 4 is 39.1 Å². The van der Waals surface area contributed by atoms with Crippen LogP contribution in [0.25, 0.3) is 0 Å². The number of halogens is 4. The van der Waals surface area contributed by atoms with Crippen LogP contribution in [0.15, 0.2) is 77.7 Å². The third-order valence-electron chi connectivity index (χ3n) is 6.55. The highest BCUT2D eigenvalue weighted by Gasteiger charge is 2.37. The molecule has 13 heteroatoms. The van der Waals surface area contributed by atoms with Crippen LogP contribution in [0, 0.1) is 0 Å². The lowest BCUT2D eigenvalue weighted by Crippen LogP contribution is -2.55. The number of nitrogens with one attached hydrogen (secondary N) is 1. The molecule has 238 valence electrons. The SMILES string of the molecule is CC[C@@H](C(=O)NC(C)(C)C)N(Cc1ccc(OC)cc1)C(=O)CN(c1cc(C(F)(F)F)ccc1Cl)S(=O)(=O)c1ccccc1. The number of carbonyl (C=O) groups is 2. The largest absolute Gasteiger partial charge is 0.497 e. The van der Waals surface area contributed by atoms with Crippen molar-refractivity contribution in [3.8, 4) is 5.75 Å². The quantitative estimate of drug-likeness (QED) is 0.263. The first kappa shape index (κ1) is 34.7. The molecule has 3 aromatic carbocycles. The smallest absolute Gasteiger partial charge is 0.416 e. The molecule has 1 atom stereocenters. The molecule has 0 bridgehead atoms. The van der Waals surface area contributed by atoms with Gasteiger partial charge in [0.25, 0.3) is 10.0 Å². The summed E-state index contributed by atoms with van der Waals surface area (Å²) in [5.41, 5.74) is -1.72. The van der Waals surface area contributed by atoms with E-state index in [2.05, 4.69) is 5.32 Å². The maximum Gasteiger partial charge on any atom is 0.416 e. The summed E-state index contributed by atoms with van der Waals surface area (Å²) in [5, 5.41) is 2.54. The van der Waals surface area contributed by atoms with Crippen LogP contribution in [0.2, 0.25) is 5.02 Å². The molecule has 3 aromatic rings. The summed E-state index contributed by atoms with van der Waals surface area (Å²) in [7, 11) is -3.12. The minimum atomic E-state index is -4.82. The molecule has 0 spiro atoms. The van der Waals surface area contributed by atoms with Gasteiger partial charge in [0, 0.05) is 12.1 Å². The summed E-state index contributed by atoms with van der Waals surface area (Å²) in [5.74, 6) is -0.746. The Morgan fingerprint density at radius 2 is 1.59 bits per heavy atom. The standard InChI is InChI=1S/C31H35ClF3N3O5S/c1-6-26(29(40)36-30(2,3)4)37(19-21-12-15-23(43-5)16-13-21)28(39)20-38(44(41,42)24-10-8-7-9-11-24)27-18-22(31(33,34)35)14-17-25(27)32/h7-18,26H,6,19-20H2,1-5H3,(H,36,40)/t26-/m0/s1. The highest BCUT2D eigenvalue weighted by atomic mass is 35.5. The molecule has 0 aliphatic heterocycles. The summed E-state index contributed by atoms with van der Waals surface area (Å²) in [6.45, 7) is 5.98. The van der Waals surface area contributed by atoms with Crippen molar-refractivity contribution in [2.24, 2.45) is 0 Å². The molecule has 0 aromatic heterocycles. The van der Waals surface area contributed by atoms with E-state index in [0.717, 1.165) is 12.1 Å². The van der Waals surface area contributed by atoms with Crippen LogP contribution < -0.4 is 14.4 Å². The third kappa shape index (κ3) is 8.66. The number of ether oxygens (including phenoxy) is 1. The Hall–Kier alpha value is -3.77. The molecule has 0 aliphatic carbocycles. The third-order valence-corrected chi connectivity index (χ3v) is 8.64. The van der Waals surface area contributed by atoms with Crippen LogP contribution in [0.5, 0.6) is 5.75 Å². The molecule has 0 radical (unpaired) electrons. The first-order valence-electron chi connectivity index (χ1n) is 13.7. The average Bonchev–Trinajstić information content (AvgIpc) is 2.95. The lowest BCUT2D eigenvalue weighted by Gasteiger charge is -2.35. The van der Waals surface area contributed by atoms with Gasteiger partial charge >= 0.3 is 6.18 Å². The molecule has 44 heavy (non-hydrogen) atoms. The number of sulfonamides is 1. The van der Waals surface area contributed by atoms with Crippen molar-refractivity contribution in [2.45, 2.75) is 63.3 Å². The zero-order valence-corrected chi connectivity index (χ0v) is 26.6. The Kier molecular flexibility index (Phi) is 11.0. The molecule has 0 unspecified atom stereocenters. The lowest BCUT2D eigenvalue weighted by atomic mass is 10.1. The van der Waals surface area contributed by atoms with Crippen molar-refractivity contribution in [2.75, 3.05) is 18.0 Å². The van der Waals surface area contributed by atoms with Gasteiger partial charge in [0.1, 0.15) is 18.3 Å². The summed E-state index contributed by atoms with van der Waals surface area (Å²) in [4.78, 5) is 28.5. The van der Waals surface area contributed by atoms with Crippen molar-refractivity contribution in [3.05, 3.63) is 88.9 Å². The zero-order chi connectivity index (χ0) is 32.9. The molecule has 0 heterocycles. The maximum atomic E-state index is 14.1. The molecule has 3 rings (SSSR count). The van der Waals surface area contributed by atoms with Gasteiger partial charge in [0.05, 0.1) is 28.3 Å². The van der Waals surface area contributed by atoms with Crippen LogP contribution in [0.4, 0.5) is 18.9 Å². The van der Waals surface area contributed by atoms with E-state index in [4.69, 9.17) is 16.3 Å². The van der Waals surface area contributed by atoms with Crippen molar-refractivity contribution in [3.63, 3.8) is 0 Å². The normalized spacial score (nSPS) is 12.8. The first-order valence-corrected chi connectivity index (χ1v) is 15.5. The van der Waals surface area contributed by atoms with Gasteiger partial charge < -0.3 is 15.0 Å². The van der Waals surface area contributed by atoms with Gasteiger partial charge in [0.15, 0.2) is 0 Å². The van der Waals surface area contributed by atoms with Gasteiger partial charge in [-0.05, 0) is 75.2 Å². The molecular weight excluding hydrogens is 619 g/mol. The van der Waals surface area contributed by atoms with Gasteiger partial charge in [0.2, 0.25) is 11.8 Å². The number of benzene rings is 3. The maximum absolute atomic E-state index is 14.1. The van der Waals surface area contributed by atoms with E-state index in [1.807, 2.05) is 0 Å². The number of nitrogens with zero attached hydrogens (tertiary/aromatic N) is 2. The average molecular weight is 654 g/mol. The molecule has 8 nitrogen and oxygen atoms in total. The molecule has 0 aliphatic rings. The Bertz CT molecular complexity index is 1560. The number of hydrogen-bond acceptors (Lipinski definition) is 5. The highest BCUT2D eigenvalue weighted by molar-refractivity contribution is 7.92. The lowest BCUT2D eigenvalue weighted by molar-refractivity contribution is -0.141. The Balaban J connectivity index is 2.16. The van der Waals surface area contributed by atoms with Gasteiger partial charge in [-0.1, -0.05) is 48.9 Å². The van der Waals surface area contributed by atoms with Crippen molar-refractivity contribution in [1.82, 2.24) is 10.2 Å². The van der Waals surface area contributed by atoms with Crippen LogP contribution >= 0.6 is 11.6 Å². The number of hydrogen-bond donors (Lipinski definition) is 1. The van der Waals surface area contributed by atoms with E-state index in [9.17, 15) is 31.2 Å². The van der Waals surface area contributed by atoms with Gasteiger partial charge in [-0.2, -0.15) is 13.2 Å². The van der Waals surface area contributed by atoms with E-state index in [0.29, 0.717) is 21.7 Å². The second kappa shape index (κ2) is 13.9. The van der Waals surface area contributed by atoms with Crippen LogP contribution in [-0.2, 0) is 32.3 Å². The second-order valence-electron chi connectivity index (χ2n) is 11.0. The molecule has 0 saturated carbocycles. The number of alkyl halides is 3. The molecule has 1 N–H and O–H groups in total. The fourth-order valence-corrected chi connectivity index (χ4v) is 6.13. The predicted octanol–water partition coefficient (Wildman–Crippen LogP) is 6.28. The van der Waals surface area contributed by atoms with E-state index >= 15 is 0 Å². The molecule has 0 saturated heterocycles. The second-order valence-corrected chi connectivity index (χ2v) is 13.3. The number of methoxy groups -OCH3 is 1. The number of anilines is 1. The summed E-state index contributed by atoms with van der Waals surface area (Å²) >= 11 is 6.29. The van der Waals surface area contributed by atoms with Crippen LogP contribution in [-0.4, -0.2) is 50.4 Å². The molecule has 2 amide bonds. The molecule has 0 fully saturated rings. The summed E-state index contributed by atoms with van der Waals surface area (Å²) in [6, 6.07) is 14.9. The number of carbonyl (C=O) groups excluding carboxylic acids is 2. The highest BCUT2D eigenvalue weighted by Crippen LogP contribution is 2.37. The van der Waals surface area contributed by atoms with Gasteiger partial charge in [-0.3, -0.25) is 13.9 Å². The van der Waals surface area contributed by atoms with Crippen LogP contribution in [0.3, 0.4) is 0 Å². The Morgan fingerprint density at radius 1 is 0.977 bits per heavy atom. The van der Waals surface area contributed by atoms with Crippen LogP contribution in [0.1, 0.15) is 45.2 Å². The zero-order valence-electron chi connectivity index (χ0n) is 25.0. The van der Waals surface area contributed by atoms with E-state index in [1.165, 1.54) is 36.3 Å². The minimum absolute atomic E-state index is 0.103. The van der Waals surface area contributed by atoms with E-state index in [1.54, 1.807) is 58.0 Å². The fraction of sp³-hybridized carbons (Fsp3) is 0.355. The number of amides is 2. The van der Waals surface area contributed by atoms with Crippen molar-refractivity contribution in [1.29, 1.82) is 0 Å². The fourth-order valence-electron chi connectivity index (χ4n) is 4.41. The minimum Gasteiger partial charge on any atom is -0.497 e.